The second-order valence-electron chi connectivity index (χ2n) is 5.34. The van der Waals surface area contributed by atoms with Gasteiger partial charge in [-0.2, -0.15) is 4.98 Å². The van der Waals surface area contributed by atoms with Crippen molar-refractivity contribution in [2.75, 3.05) is 33.2 Å². The predicted molar refractivity (Wildman–Crippen MR) is 82.5 cm³/mol. The lowest BCUT2D eigenvalue weighted by Crippen LogP contribution is -2.35. The number of rotatable bonds is 5. The topological polar surface area (TPSA) is 111 Å². The lowest BCUT2D eigenvalue weighted by molar-refractivity contribution is -0.0611. The number of methoxy groups -OCH3 is 2. The molecular formula is C14H20N4O5. The van der Waals surface area contributed by atoms with Gasteiger partial charge in [0.15, 0.2) is 11.9 Å². The number of aliphatic hydroxyl groups is 1. The van der Waals surface area contributed by atoms with Crippen molar-refractivity contribution < 1.29 is 19.3 Å². The Morgan fingerprint density at radius 2 is 2.30 bits per heavy atom. The fraction of sp³-hybridized carbons (Fsp3) is 0.571. The summed E-state index contributed by atoms with van der Waals surface area (Å²) in [5.74, 6) is 0.340. The summed E-state index contributed by atoms with van der Waals surface area (Å²) in [7, 11) is 4.73. The maximum atomic E-state index is 12.1. The van der Waals surface area contributed by atoms with Gasteiger partial charge in [-0.15, -0.1) is 0 Å². The maximum Gasteiger partial charge on any atom is 0.261 e. The monoisotopic (exact) mass is 324 g/mol. The number of hydrogen-bond donors (Lipinski definition) is 3. The minimum Gasteiger partial charge on any atom is -0.386 e. The molecule has 0 aliphatic carbocycles. The molecule has 1 aliphatic heterocycles. The summed E-state index contributed by atoms with van der Waals surface area (Å²) in [5.41, 5.74) is 0.164. The molecule has 9 nitrogen and oxygen atoms in total. The van der Waals surface area contributed by atoms with Crippen LogP contribution in [0.2, 0.25) is 0 Å². The third-order valence-electron chi connectivity index (χ3n) is 4.01. The highest BCUT2D eigenvalue weighted by Crippen LogP contribution is 2.33. The quantitative estimate of drug-likeness (QED) is 0.691. The van der Waals surface area contributed by atoms with E-state index in [9.17, 15) is 9.90 Å². The number of hydrogen-bond acceptors (Lipinski definition) is 7. The van der Waals surface area contributed by atoms with Gasteiger partial charge in [0.2, 0.25) is 5.95 Å². The number of anilines is 1. The van der Waals surface area contributed by atoms with Gasteiger partial charge in [-0.1, -0.05) is 0 Å². The molecule has 23 heavy (non-hydrogen) atoms. The number of H-pyrrole nitrogens is 1. The van der Waals surface area contributed by atoms with Crippen molar-refractivity contribution in [3.8, 4) is 0 Å². The first-order valence-corrected chi connectivity index (χ1v) is 7.24. The zero-order valence-electron chi connectivity index (χ0n) is 13.1. The van der Waals surface area contributed by atoms with E-state index in [1.54, 1.807) is 31.0 Å². The molecule has 0 aromatic carbocycles. The SMILES string of the molecule is CNc1nc2c(ccn2C2OC(COC)C(OC)C2O)c(=O)[nH]1. The van der Waals surface area contributed by atoms with E-state index in [2.05, 4.69) is 15.3 Å². The second-order valence-corrected chi connectivity index (χ2v) is 5.34. The molecule has 1 fully saturated rings. The van der Waals surface area contributed by atoms with Gasteiger partial charge in [-0.3, -0.25) is 9.78 Å². The molecule has 1 saturated heterocycles. The van der Waals surface area contributed by atoms with Crippen LogP contribution in [0.15, 0.2) is 17.1 Å². The number of ether oxygens (including phenoxy) is 3. The molecule has 2 aromatic rings. The molecule has 1 aliphatic rings. The van der Waals surface area contributed by atoms with Crippen molar-refractivity contribution in [1.82, 2.24) is 14.5 Å². The first-order chi connectivity index (χ1) is 11.1. The zero-order valence-corrected chi connectivity index (χ0v) is 13.1. The molecule has 9 heteroatoms. The molecular weight excluding hydrogens is 304 g/mol. The number of nitrogens with one attached hydrogen (secondary N) is 2. The molecule has 0 radical (unpaired) electrons. The highest BCUT2D eigenvalue weighted by atomic mass is 16.6. The van der Waals surface area contributed by atoms with E-state index in [0.717, 1.165) is 0 Å². The van der Waals surface area contributed by atoms with E-state index in [-0.39, 0.29) is 5.56 Å². The first-order valence-electron chi connectivity index (χ1n) is 7.24. The molecule has 3 rings (SSSR count). The summed E-state index contributed by atoms with van der Waals surface area (Å²) in [6, 6.07) is 1.64. The Hall–Kier alpha value is -1.94. The molecule has 126 valence electrons. The Morgan fingerprint density at radius 3 is 2.96 bits per heavy atom. The van der Waals surface area contributed by atoms with Gasteiger partial charge in [0.1, 0.15) is 18.3 Å². The van der Waals surface area contributed by atoms with Crippen LogP contribution in [-0.2, 0) is 14.2 Å². The van der Waals surface area contributed by atoms with Crippen molar-refractivity contribution in [3.05, 3.63) is 22.6 Å². The van der Waals surface area contributed by atoms with Crippen LogP contribution in [0.1, 0.15) is 6.23 Å². The fourth-order valence-electron chi connectivity index (χ4n) is 2.91. The summed E-state index contributed by atoms with van der Waals surface area (Å²) >= 11 is 0. The second kappa shape index (κ2) is 6.28. The molecule has 4 unspecified atom stereocenters. The summed E-state index contributed by atoms with van der Waals surface area (Å²) in [6.07, 6.45) is -0.884. The fourth-order valence-corrected chi connectivity index (χ4v) is 2.91. The average Bonchev–Trinajstić information content (AvgIpc) is 3.09. The van der Waals surface area contributed by atoms with Crippen molar-refractivity contribution in [2.24, 2.45) is 0 Å². The normalized spacial score (nSPS) is 27.7. The summed E-state index contributed by atoms with van der Waals surface area (Å²) < 4.78 is 17.9. The van der Waals surface area contributed by atoms with Gasteiger partial charge >= 0.3 is 0 Å². The van der Waals surface area contributed by atoms with Crippen molar-refractivity contribution >= 4 is 17.0 Å². The Morgan fingerprint density at radius 1 is 1.52 bits per heavy atom. The lowest BCUT2D eigenvalue weighted by Gasteiger charge is -2.18. The largest absolute Gasteiger partial charge is 0.386 e. The first kappa shape index (κ1) is 15.9. The highest BCUT2D eigenvalue weighted by Gasteiger charge is 2.45. The van der Waals surface area contributed by atoms with Gasteiger partial charge in [0, 0.05) is 27.5 Å². The Labute approximate surface area is 132 Å². The van der Waals surface area contributed by atoms with Crippen molar-refractivity contribution in [1.29, 1.82) is 0 Å². The molecule has 4 atom stereocenters. The van der Waals surface area contributed by atoms with Crippen LogP contribution in [0, 0.1) is 0 Å². The van der Waals surface area contributed by atoms with Crippen LogP contribution < -0.4 is 10.9 Å². The van der Waals surface area contributed by atoms with Gasteiger partial charge in [-0.25, -0.2) is 0 Å². The van der Waals surface area contributed by atoms with E-state index < -0.39 is 24.5 Å². The average molecular weight is 324 g/mol. The van der Waals surface area contributed by atoms with Crippen LogP contribution in [0.5, 0.6) is 0 Å². The number of aromatic amines is 1. The smallest absolute Gasteiger partial charge is 0.261 e. The third kappa shape index (κ3) is 2.61. The van der Waals surface area contributed by atoms with Gasteiger partial charge in [0.05, 0.1) is 12.0 Å². The van der Waals surface area contributed by atoms with E-state index in [1.165, 1.54) is 7.11 Å². The summed E-state index contributed by atoms with van der Waals surface area (Å²) in [6.45, 7) is 0.293. The van der Waals surface area contributed by atoms with Crippen LogP contribution in [0.25, 0.3) is 11.0 Å². The van der Waals surface area contributed by atoms with Gasteiger partial charge in [-0.05, 0) is 6.07 Å². The summed E-state index contributed by atoms with van der Waals surface area (Å²) in [5, 5.41) is 13.7. The molecule has 0 saturated carbocycles. The maximum absolute atomic E-state index is 12.1. The van der Waals surface area contributed by atoms with E-state index in [1.807, 2.05) is 0 Å². The molecule has 0 spiro atoms. The lowest BCUT2D eigenvalue weighted by atomic mass is 10.1. The van der Waals surface area contributed by atoms with E-state index >= 15 is 0 Å². The van der Waals surface area contributed by atoms with Crippen molar-refractivity contribution in [2.45, 2.75) is 24.5 Å². The third-order valence-corrected chi connectivity index (χ3v) is 4.01. The van der Waals surface area contributed by atoms with Crippen molar-refractivity contribution in [3.63, 3.8) is 0 Å². The number of nitrogens with zero attached hydrogens (tertiary/aromatic N) is 2. The van der Waals surface area contributed by atoms with Crippen LogP contribution in [-0.4, -0.2) is 65.8 Å². The Kier molecular flexibility index (Phi) is 4.35. The van der Waals surface area contributed by atoms with Crippen LogP contribution in [0.3, 0.4) is 0 Å². The molecule has 3 N–H and O–H groups in total. The number of fused-ring (bicyclic) bond motifs is 1. The Bertz CT molecular complexity index is 742. The van der Waals surface area contributed by atoms with E-state index in [0.29, 0.717) is 23.6 Å². The number of aliphatic hydroxyl groups excluding tert-OH is 1. The van der Waals surface area contributed by atoms with Crippen LogP contribution in [0.4, 0.5) is 5.95 Å². The highest BCUT2D eigenvalue weighted by molar-refractivity contribution is 5.76. The molecule has 0 amide bonds. The minimum atomic E-state index is -0.908. The molecule has 0 bridgehead atoms. The minimum absolute atomic E-state index is 0.262. The van der Waals surface area contributed by atoms with Gasteiger partial charge in [0.25, 0.3) is 5.56 Å². The standard InChI is InChI=1S/C14H20N4O5/c1-15-14-16-11-7(12(20)17-14)4-5-18(11)13-9(19)10(22-3)8(23-13)6-21-2/h4-5,8-10,13,19H,6H2,1-3H3,(H2,15,16,17,20). The predicted octanol–water partition coefficient (Wildman–Crippen LogP) is -0.314. The van der Waals surface area contributed by atoms with Gasteiger partial charge < -0.3 is 29.2 Å². The van der Waals surface area contributed by atoms with Crippen LogP contribution >= 0.6 is 0 Å². The summed E-state index contributed by atoms with van der Waals surface area (Å²) in [4.78, 5) is 19.0. The zero-order chi connectivity index (χ0) is 16.6. The molecule has 3 heterocycles. The molecule has 2 aromatic heterocycles. The Balaban J connectivity index is 2.03. The van der Waals surface area contributed by atoms with E-state index in [4.69, 9.17) is 14.2 Å². The number of aromatic nitrogens is 3.